The Hall–Kier alpha value is -2.74. The highest BCUT2D eigenvalue weighted by molar-refractivity contribution is 7.88. The van der Waals surface area contributed by atoms with Crippen LogP contribution in [0.4, 0.5) is 5.69 Å². The molecule has 1 aliphatic heterocycles. The summed E-state index contributed by atoms with van der Waals surface area (Å²) in [5, 5.41) is 5.11. The molecule has 156 valence electrons. The van der Waals surface area contributed by atoms with Gasteiger partial charge in [0.25, 0.3) is 5.91 Å². The summed E-state index contributed by atoms with van der Waals surface area (Å²) in [5.74, 6) is -0.139. The topological polar surface area (TPSA) is 69.7 Å². The first-order valence-corrected chi connectivity index (χ1v) is 11.8. The van der Waals surface area contributed by atoms with Gasteiger partial charge in [0.1, 0.15) is 0 Å². The quantitative estimate of drug-likeness (QED) is 0.684. The number of hydrogen-bond donors (Lipinski definition) is 1. The van der Waals surface area contributed by atoms with Gasteiger partial charge in [-0.05, 0) is 29.1 Å². The number of piperazine rings is 1. The largest absolute Gasteiger partial charge is 0.321 e. The number of nitrogens with zero attached hydrogens (tertiary/aromatic N) is 2. The molecule has 6 nitrogen and oxygen atoms in total. The minimum atomic E-state index is -3.11. The lowest BCUT2D eigenvalue weighted by Gasteiger charge is -2.33. The van der Waals surface area contributed by atoms with Gasteiger partial charge in [0, 0.05) is 49.4 Å². The average Bonchev–Trinajstić information content (AvgIpc) is 2.74. The molecule has 1 fully saturated rings. The van der Waals surface area contributed by atoms with Crippen LogP contribution in [0.15, 0.2) is 66.7 Å². The standard InChI is InChI=1S/C23H25N3O3S/c1-30(28,29)26-15-13-25(14-16-26)17-18-9-11-20(12-10-18)23(27)24-22-8-4-6-19-5-2-3-7-21(19)22/h2-12H,13-17H2,1H3,(H,24,27). The molecule has 3 aromatic carbocycles. The van der Waals surface area contributed by atoms with Crippen molar-refractivity contribution in [2.75, 3.05) is 37.8 Å². The summed E-state index contributed by atoms with van der Waals surface area (Å²) in [6, 6.07) is 21.4. The van der Waals surface area contributed by atoms with Gasteiger partial charge in [-0.2, -0.15) is 4.31 Å². The zero-order valence-electron chi connectivity index (χ0n) is 16.9. The highest BCUT2D eigenvalue weighted by Gasteiger charge is 2.23. The lowest BCUT2D eigenvalue weighted by Crippen LogP contribution is -2.47. The van der Waals surface area contributed by atoms with Crippen LogP contribution in [0.5, 0.6) is 0 Å². The Kier molecular flexibility index (Phi) is 5.85. The number of anilines is 1. The van der Waals surface area contributed by atoms with E-state index in [0.717, 1.165) is 28.6 Å². The molecule has 30 heavy (non-hydrogen) atoms. The second-order valence-corrected chi connectivity index (χ2v) is 9.60. The second kappa shape index (κ2) is 8.55. The van der Waals surface area contributed by atoms with Crippen LogP contribution in [0.2, 0.25) is 0 Å². The summed E-state index contributed by atoms with van der Waals surface area (Å²) in [7, 11) is -3.11. The van der Waals surface area contributed by atoms with E-state index >= 15 is 0 Å². The maximum absolute atomic E-state index is 12.7. The minimum absolute atomic E-state index is 0.139. The van der Waals surface area contributed by atoms with E-state index in [1.165, 1.54) is 10.6 Å². The number of carbonyl (C=O) groups is 1. The van der Waals surface area contributed by atoms with Crippen molar-refractivity contribution in [2.45, 2.75) is 6.54 Å². The van der Waals surface area contributed by atoms with E-state index < -0.39 is 10.0 Å². The smallest absolute Gasteiger partial charge is 0.255 e. The Morgan fingerprint density at radius 3 is 2.27 bits per heavy atom. The monoisotopic (exact) mass is 423 g/mol. The van der Waals surface area contributed by atoms with Crippen LogP contribution >= 0.6 is 0 Å². The Labute approximate surface area is 177 Å². The molecular formula is C23H25N3O3S. The normalized spacial score (nSPS) is 15.9. The summed E-state index contributed by atoms with van der Waals surface area (Å²) in [5.41, 5.74) is 2.50. The molecule has 1 amide bonds. The van der Waals surface area contributed by atoms with Crippen LogP contribution in [0.25, 0.3) is 10.8 Å². The number of rotatable bonds is 5. The lowest BCUT2D eigenvalue weighted by molar-refractivity contribution is 0.102. The number of amides is 1. The van der Waals surface area contributed by atoms with Crippen molar-refractivity contribution in [3.05, 3.63) is 77.9 Å². The molecule has 3 aromatic rings. The molecule has 0 aliphatic carbocycles. The zero-order chi connectivity index (χ0) is 21.1. The second-order valence-electron chi connectivity index (χ2n) is 7.62. The van der Waals surface area contributed by atoms with Gasteiger partial charge in [0.15, 0.2) is 0 Å². The summed E-state index contributed by atoms with van der Waals surface area (Å²) in [6.45, 7) is 3.18. The van der Waals surface area contributed by atoms with Crippen molar-refractivity contribution in [1.82, 2.24) is 9.21 Å². The Balaban J connectivity index is 1.38. The maximum Gasteiger partial charge on any atom is 0.255 e. The molecule has 1 aliphatic rings. The highest BCUT2D eigenvalue weighted by Crippen LogP contribution is 2.23. The maximum atomic E-state index is 12.7. The molecule has 1 saturated heterocycles. The highest BCUT2D eigenvalue weighted by atomic mass is 32.2. The summed E-state index contributed by atoms with van der Waals surface area (Å²) < 4.78 is 24.8. The van der Waals surface area contributed by atoms with E-state index in [9.17, 15) is 13.2 Å². The van der Waals surface area contributed by atoms with Crippen LogP contribution in [-0.4, -0.2) is 56.0 Å². The lowest BCUT2D eigenvalue weighted by atomic mass is 10.1. The minimum Gasteiger partial charge on any atom is -0.321 e. The number of hydrogen-bond acceptors (Lipinski definition) is 4. The Bertz CT molecular complexity index is 1150. The molecular weight excluding hydrogens is 398 g/mol. The molecule has 0 bridgehead atoms. The van der Waals surface area contributed by atoms with Crippen LogP contribution in [0.3, 0.4) is 0 Å². The van der Waals surface area contributed by atoms with Crippen molar-refractivity contribution in [3.63, 3.8) is 0 Å². The fourth-order valence-corrected chi connectivity index (χ4v) is 4.59. The first-order valence-electron chi connectivity index (χ1n) is 9.96. The van der Waals surface area contributed by atoms with Gasteiger partial charge in [-0.1, -0.05) is 48.5 Å². The molecule has 0 atom stereocenters. The Morgan fingerprint density at radius 1 is 0.900 bits per heavy atom. The van der Waals surface area contributed by atoms with Gasteiger partial charge in [-0.3, -0.25) is 9.69 Å². The van der Waals surface area contributed by atoms with Gasteiger partial charge in [0.05, 0.1) is 6.26 Å². The van der Waals surface area contributed by atoms with Crippen LogP contribution < -0.4 is 5.32 Å². The number of sulfonamides is 1. The molecule has 0 spiro atoms. The van der Waals surface area contributed by atoms with Gasteiger partial charge in [-0.15, -0.1) is 0 Å². The van der Waals surface area contributed by atoms with Gasteiger partial charge in [-0.25, -0.2) is 8.42 Å². The molecule has 0 unspecified atom stereocenters. The van der Waals surface area contributed by atoms with Gasteiger partial charge in [0.2, 0.25) is 10.0 Å². The van der Waals surface area contributed by atoms with E-state index in [4.69, 9.17) is 0 Å². The molecule has 0 radical (unpaired) electrons. The van der Waals surface area contributed by atoms with Crippen molar-refractivity contribution in [1.29, 1.82) is 0 Å². The summed E-state index contributed by atoms with van der Waals surface area (Å²) in [6.07, 6.45) is 1.25. The Morgan fingerprint density at radius 2 is 1.57 bits per heavy atom. The van der Waals surface area contributed by atoms with E-state index in [0.29, 0.717) is 31.7 Å². The first kappa shape index (κ1) is 20.5. The molecule has 1 N–H and O–H groups in total. The van der Waals surface area contributed by atoms with Crippen LogP contribution in [0.1, 0.15) is 15.9 Å². The third kappa shape index (κ3) is 4.70. The van der Waals surface area contributed by atoms with Gasteiger partial charge < -0.3 is 5.32 Å². The number of nitrogens with one attached hydrogen (secondary N) is 1. The number of benzene rings is 3. The SMILES string of the molecule is CS(=O)(=O)N1CCN(Cc2ccc(C(=O)Nc3cccc4ccccc34)cc2)CC1. The average molecular weight is 424 g/mol. The van der Waals surface area contributed by atoms with Crippen molar-refractivity contribution in [3.8, 4) is 0 Å². The molecule has 7 heteroatoms. The fourth-order valence-electron chi connectivity index (χ4n) is 3.77. The fraction of sp³-hybridized carbons (Fsp3) is 0.261. The van der Waals surface area contributed by atoms with Crippen molar-refractivity contribution < 1.29 is 13.2 Å². The van der Waals surface area contributed by atoms with Gasteiger partial charge >= 0.3 is 0 Å². The first-order chi connectivity index (χ1) is 14.4. The molecule has 4 rings (SSSR count). The zero-order valence-corrected chi connectivity index (χ0v) is 17.7. The third-order valence-electron chi connectivity index (χ3n) is 5.46. The van der Waals surface area contributed by atoms with E-state index in [2.05, 4.69) is 10.2 Å². The number of fused-ring (bicyclic) bond motifs is 1. The van der Waals surface area contributed by atoms with Crippen molar-refractivity contribution in [2.24, 2.45) is 0 Å². The van der Waals surface area contributed by atoms with Crippen LogP contribution in [0, 0.1) is 0 Å². The number of carbonyl (C=O) groups excluding carboxylic acids is 1. The molecule has 1 heterocycles. The van der Waals surface area contributed by atoms with E-state index in [-0.39, 0.29) is 5.91 Å². The summed E-state index contributed by atoms with van der Waals surface area (Å²) in [4.78, 5) is 14.9. The van der Waals surface area contributed by atoms with Crippen LogP contribution in [-0.2, 0) is 16.6 Å². The van der Waals surface area contributed by atoms with Crippen molar-refractivity contribution >= 4 is 32.4 Å². The molecule has 0 aromatic heterocycles. The third-order valence-corrected chi connectivity index (χ3v) is 6.76. The predicted octanol–water partition coefficient (Wildman–Crippen LogP) is 3.17. The molecule has 0 saturated carbocycles. The summed E-state index contributed by atoms with van der Waals surface area (Å²) >= 11 is 0. The van der Waals surface area contributed by atoms with E-state index in [1.807, 2.05) is 66.7 Å². The predicted molar refractivity (Wildman–Crippen MR) is 120 cm³/mol. The van der Waals surface area contributed by atoms with E-state index in [1.54, 1.807) is 0 Å².